The van der Waals surface area contributed by atoms with Crippen molar-refractivity contribution in [2.75, 3.05) is 10.0 Å². The van der Waals surface area contributed by atoms with Gasteiger partial charge in [0.15, 0.2) is 0 Å². The number of sulfonamides is 1. The van der Waals surface area contributed by atoms with Crippen LogP contribution < -0.4 is 10.0 Å². The van der Waals surface area contributed by atoms with Gasteiger partial charge in [0.25, 0.3) is 15.9 Å². The van der Waals surface area contributed by atoms with Crippen LogP contribution in [0.3, 0.4) is 0 Å². The van der Waals surface area contributed by atoms with Crippen LogP contribution in [0.1, 0.15) is 34.0 Å². The van der Waals surface area contributed by atoms with Crippen LogP contribution in [0, 0.1) is 13.8 Å². The first-order valence-electron chi connectivity index (χ1n) is 9.40. The van der Waals surface area contributed by atoms with Crippen molar-refractivity contribution in [2.24, 2.45) is 0 Å². The van der Waals surface area contributed by atoms with Gasteiger partial charge in [0, 0.05) is 16.9 Å². The lowest BCUT2D eigenvalue weighted by atomic mass is 10.1. The Balaban J connectivity index is 1.92. The monoisotopic (exact) mass is 408 g/mol. The molecule has 0 aliphatic heterocycles. The molecule has 2 N–H and O–H groups in total. The molecule has 150 valence electrons. The van der Waals surface area contributed by atoms with Gasteiger partial charge in [-0.1, -0.05) is 49.4 Å². The first-order chi connectivity index (χ1) is 13.8. The molecule has 0 unspecified atom stereocenters. The molecule has 0 atom stereocenters. The second-order valence-corrected chi connectivity index (χ2v) is 8.52. The standard InChI is InChI=1S/C23H24N2O3S/c1-4-18-10-8-9-17(3)22(18)24-23(26)19-14-13-16(2)21(15-19)29(27,28)25-20-11-6-5-7-12-20/h5-15,25H,4H2,1-3H3,(H,24,26). The Morgan fingerprint density at radius 3 is 2.31 bits per heavy atom. The zero-order valence-electron chi connectivity index (χ0n) is 16.7. The highest BCUT2D eigenvalue weighted by Gasteiger charge is 2.20. The molecule has 0 aliphatic rings. The molecule has 0 aliphatic carbocycles. The second-order valence-electron chi connectivity index (χ2n) is 6.87. The number of amides is 1. The Hall–Kier alpha value is -3.12. The minimum atomic E-state index is -3.82. The van der Waals surface area contributed by atoms with E-state index in [1.165, 1.54) is 6.07 Å². The maximum atomic E-state index is 12.9. The van der Waals surface area contributed by atoms with Crippen LogP contribution in [0.25, 0.3) is 0 Å². The SMILES string of the molecule is CCc1cccc(C)c1NC(=O)c1ccc(C)c(S(=O)(=O)Nc2ccccc2)c1. The molecule has 0 fully saturated rings. The Kier molecular flexibility index (Phi) is 6.03. The summed E-state index contributed by atoms with van der Waals surface area (Å²) in [6.45, 7) is 5.66. The highest BCUT2D eigenvalue weighted by atomic mass is 32.2. The maximum Gasteiger partial charge on any atom is 0.262 e. The van der Waals surface area contributed by atoms with Crippen LogP contribution in [0.4, 0.5) is 11.4 Å². The smallest absolute Gasteiger partial charge is 0.262 e. The number of benzene rings is 3. The van der Waals surface area contributed by atoms with E-state index < -0.39 is 10.0 Å². The third-order valence-electron chi connectivity index (χ3n) is 4.74. The first-order valence-corrected chi connectivity index (χ1v) is 10.9. The van der Waals surface area contributed by atoms with Gasteiger partial charge in [-0.3, -0.25) is 9.52 Å². The zero-order valence-corrected chi connectivity index (χ0v) is 17.5. The summed E-state index contributed by atoms with van der Waals surface area (Å²) in [6, 6.07) is 19.2. The molecule has 0 radical (unpaired) electrons. The highest BCUT2D eigenvalue weighted by molar-refractivity contribution is 7.92. The molecule has 29 heavy (non-hydrogen) atoms. The molecule has 6 heteroatoms. The van der Waals surface area contributed by atoms with Gasteiger partial charge >= 0.3 is 0 Å². The van der Waals surface area contributed by atoms with Crippen molar-refractivity contribution in [1.82, 2.24) is 0 Å². The van der Waals surface area contributed by atoms with Gasteiger partial charge < -0.3 is 5.32 Å². The normalized spacial score (nSPS) is 11.1. The molecule has 3 aromatic rings. The largest absolute Gasteiger partial charge is 0.321 e. The molecule has 0 bridgehead atoms. The van der Waals surface area contributed by atoms with Crippen LogP contribution in [-0.4, -0.2) is 14.3 Å². The molecular weight excluding hydrogens is 384 g/mol. The van der Waals surface area contributed by atoms with Gasteiger partial charge in [-0.2, -0.15) is 0 Å². The van der Waals surface area contributed by atoms with Crippen molar-refractivity contribution in [3.8, 4) is 0 Å². The number of carbonyl (C=O) groups excluding carboxylic acids is 1. The number of para-hydroxylation sites is 2. The summed E-state index contributed by atoms with van der Waals surface area (Å²) in [4.78, 5) is 12.9. The Bertz CT molecular complexity index is 1140. The van der Waals surface area contributed by atoms with Crippen LogP contribution >= 0.6 is 0 Å². The molecule has 3 rings (SSSR count). The average molecular weight is 409 g/mol. The number of carbonyl (C=O) groups is 1. The van der Waals surface area contributed by atoms with E-state index in [-0.39, 0.29) is 16.4 Å². The van der Waals surface area contributed by atoms with Crippen molar-refractivity contribution >= 4 is 27.3 Å². The fourth-order valence-electron chi connectivity index (χ4n) is 3.13. The number of nitrogens with one attached hydrogen (secondary N) is 2. The molecule has 0 saturated carbocycles. The summed E-state index contributed by atoms with van der Waals surface area (Å²) in [5, 5.41) is 2.94. The predicted molar refractivity (Wildman–Crippen MR) is 117 cm³/mol. The van der Waals surface area contributed by atoms with Crippen LogP contribution in [-0.2, 0) is 16.4 Å². The molecule has 0 heterocycles. The van der Waals surface area contributed by atoms with E-state index in [9.17, 15) is 13.2 Å². The van der Waals surface area contributed by atoms with E-state index >= 15 is 0 Å². The Morgan fingerprint density at radius 1 is 0.897 bits per heavy atom. The molecule has 3 aromatic carbocycles. The van der Waals surface area contributed by atoms with Crippen LogP contribution in [0.15, 0.2) is 71.6 Å². The summed E-state index contributed by atoms with van der Waals surface area (Å²) in [7, 11) is -3.82. The molecule has 1 amide bonds. The van der Waals surface area contributed by atoms with Gasteiger partial charge in [-0.15, -0.1) is 0 Å². The number of hydrogen-bond donors (Lipinski definition) is 2. The summed E-state index contributed by atoms with van der Waals surface area (Å²) in [5.74, 6) is -0.342. The van der Waals surface area contributed by atoms with Gasteiger partial charge in [-0.25, -0.2) is 8.42 Å². The fraction of sp³-hybridized carbons (Fsp3) is 0.174. The number of hydrogen-bond acceptors (Lipinski definition) is 3. The Labute approximate surface area is 171 Å². The van der Waals surface area contributed by atoms with Gasteiger partial charge in [0.2, 0.25) is 0 Å². The minimum absolute atomic E-state index is 0.0782. The topological polar surface area (TPSA) is 75.3 Å². The molecule has 5 nitrogen and oxygen atoms in total. The predicted octanol–water partition coefficient (Wildman–Crippen LogP) is 4.92. The third kappa shape index (κ3) is 4.66. The lowest BCUT2D eigenvalue weighted by molar-refractivity contribution is 0.102. The highest BCUT2D eigenvalue weighted by Crippen LogP contribution is 2.24. The fourth-order valence-corrected chi connectivity index (χ4v) is 4.47. The summed E-state index contributed by atoms with van der Waals surface area (Å²) >= 11 is 0. The van der Waals surface area contributed by atoms with E-state index in [4.69, 9.17) is 0 Å². The number of aryl methyl sites for hydroxylation is 3. The first kappa shape index (κ1) is 20.6. The number of rotatable bonds is 6. The van der Waals surface area contributed by atoms with Crippen molar-refractivity contribution in [2.45, 2.75) is 32.1 Å². The van der Waals surface area contributed by atoms with E-state index in [1.54, 1.807) is 43.3 Å². The Morgan fingerprint density at radius 2 is 1.62 bits per heavy atom. The van der Waals surface area contributed by atoms with E-state index in [1.807, 2.05) is 38.1 Å². The van der Waals surface area contributed by atoms with E-state index in [0.717, 1.165) is 23.2 Å². The van der Waals surface area contributed by atoms with Gasteiger partial charge in [-0.05, 0) is 61.2 Å². The van der Waals surface area contributed by atoms with Crippen LogP contribution in [0.5, 0.6) is 0 Å². The zero-order chi connectivity index (χ0) is 21.0. The molecular formula is C23H24N2O3S. The van der Waals surface area contributed by atoms with Crippen molar-refractivity contribution < 1.29 is 13.2 Å². The molecule has 0 aromatic heterocycles. The van der Waals surface area contributed by atoms with Crippen LogP contribution in [0.2, 0.25) is 0 Å². The lowest BCUT2D eigenvalue weighted by Gasteiger charge is -2.15. The number of anilines is 2. The molecule has 0 saturated heterocycles. The lowest BCUT2D eigenvalue weighted by Crippen LogP contribution is -2.18. The summed E-state index contributed by atoms with van der Waals surface area (Å²) < 4.78 is 28.3. The summed E-state index contributed by atoms with van der Waals surface area (Å²) in [6.07, 6.45) is 0.784. The minimum Gasteiger partial charge on any atom is -0.321 e. The average Bonchev–Trinajstić information content (AvgIpc) is 2.70. The van der Waals surface area contributed by atoms with E-state index in [0.29, 0.717) is 11.3 Å². The van der Waals surface area contributed by atoms with E-state index in [2.05, 4.69) is 10.0 Å². The van der Waals surface area contributed by atoms with Crippen molar-refractivity contribution in [3.63, 3.8) is 0 Å². The molecule has 0 spiro atoms. The third-order valence-corrected chi connectivity index (χ3v) is 6.27. The van der Waals surface area contributed by atoms with Gasteiger partial charge in [0.1, 0.15) is 0 Å². The maximum absolute atomic E-state index is 12.9. The summed E-state index contributed by atoms with van der Waals surface area (Å²) in [5.41, 5.74) is 4.08. The van der Waals surface area contributed by atoms with Gasteiger partial charge in [0.05, 0.1) is 4.90 Å². The second kappa shape index (κ2) is 8.49. The van der Waals surface area contributed by atoms with Crippen molar-refractivity contribution in [1.29, 1.82) is 0 Å². The quantitative estimate of drug-likeness (QED) is 0.608. The van der Waals surface area contributed by atoms with Crippen molar-refractivity contribution in [3.05, 3.63) is 89.0 Å².